The molecule has 1 amide bonds. The van der Waals surface area contributed by atoms with E-state index in [-0.39, 0.29) is 23.9 Å². The second-order valence-electron chi connectivity index (χ2n) is 5.36. The Kier molecular flexibility index (Phi) is 6.00. The van der Waals surface area contributed by atoms with Crippen molar-refractivity contribution in [2.24, 2.45) is 0 Å². The molecule has 1 aromatic heterocycles. The van der Waals surface area contributed by atoms with Crippen LogP contribution in [-0.4, -0.2) is 69.0 Å². The zero-order valence-corrected chi connectivity index (χ0v) is 14.9. The lowest BCUT2D eigenvalue weighted by molar-refractivity contribution is -0.140. The highest BCUT2D eigenvalue weighted by Gasteiger charge is 2.32. The number of hydrogen-bond donors (Lipinski definition) is 2. The maximum atomic E-state index is 12.9. The molecule has 140 valence electrons. The zero-order chi connectivity index (χ0) is 19.3. The Hall–Kier alpha value is -2.86. The SMILES string of the molecule is CC(=O)NCCN(C(C)C(=O)O)S(=O)(=O)c1ccc(-n2cnnn2)cc1. The number of hydrogen-bond acceptors (Lipinski definition) is 7. The second kappa shape index (κ2) is 8.01. The third-order valence-corrected chi connectivity index (χ3v) is 5.54. The Morgan fingerprint density at radius 3 is 2.46 bits per heavy atom. The molecule has 1 atom stereocenters. The third-order valence-electron chi connectivity index (χ3n) is 3.55. The molecule has 0 spiro atoms. The minimum Gasteiger partial charge on any atom is -0.480 e. The van der Waals surface area contributed by atoms with Crippen LogP contribution in [0.25, 0.3) is 5.69 Å². The number of nitrogens with zero attached hydrogens (tertiary/aromatic N) is 5. The van der Waals surface area contributed by atoms with Gasteiger partial charge in [-0.05, 0) is 41.6 Å². The highest BCUT2D eigenvalue weighted by Crippen LogP contribution is 2.19. The van der Waals surface area contributed by atoms with Gasteiger partial charge in [-0.25, -0.2) is 13.1 Å². The molecule has 0 saturated heterocycles. The fourth-order valence-corrected chi connectivity index (χ4v) is 3.76. The van der Waals surface area contributed by atoms with Crippen LogP contribution in [0.1, 0.15) is 13.8 Å². The van der Waals surface area contributed by atoms with Crippen molar-refractivity contribution in [2.45, 2.75) is 24.8 Å². The van der Waals surface area contributed by atoms with Crippen molar-refractivity contribution in [3.8, 4) is 5.69 Å². The predicted molar refractivity (Wildman–Crippen MR) is 88.8 cm³/mol. The second-order valence-corrected chi connectivity index (χ2v) is 7.25. The normalized spacial score (nSPS) is 12.7. The molecule has 0 aliphatic heterocycles. The lowest BCUT2D eigenvalue weighted by Crippen LogP contribution is -2.46. The molecule has 1 unspecified atom stereocenters. The van der Waals surface area contributed by atoms with Crippen molar-refractivity contribution in [3.05, 3.63) is 30.6 Å². The van der Waals surface area contributed by atoms with Gasteiger partial charge in [0, 0.05) is 20.0 Å². The molecule has 0 fully saturated rings. The first kappa shape index (κ1) is 19.5. The summed E-state index contributed by atoms with van der Waals surface area (Å²) < 4.78 is 27.9. The maximum absolute atomic E-state index is 12.9. The molecule has 1 aromatic carbocycles. The van der Waals surface area contributed by atoms with Gasteiger partial charge in [-0.15, -0.1) is 5.10 Å². The van der Waals surface area contributed by atoms with E-state index < -0.39 is 22.0 Å². The van der Waals surface area contributed by atoms with Gasteiger partial charge >= 0.3 is 5.97 Å². The van der Waals surface area contributed by atoms with Crippen LogP contribution in [0, 0.1) is 0 Å². The number of amides is 1. The number of benzene rings is 1. The van der Waals surface area contributed by atoms with Crippen molar-refractivity contribution in [2.75, 3.05) is 13.1 Å². The molecule has 0 aliphatic rings. The number of carbonyl (C=O) groups is 2. The molecular formula is C14H18N6O5S. The van der Waals surface area contributed by atoms with Gasteiger partial charge in [0.2, 0.25) is 15.9 Å². The summed E-state index contributed by atoms with van der Waals surface area (Å²) in [5.41, 5.74) is 0.546. The van der Waals surface area contributed by atoms with Gasteiger partial charge in [0.05, 0.1) is 10.6 Å². The largest absolute Gasteiger partial charge is 0.480 e. The summed E-state index contributed by atoms with van der Waals surface area (Å²) in [4.78, 5) is 22.2. The van der Waals surface area contributed by atoms with E-state index in [4.69, 9.17) is 0 Å². The average molecular weight is 382 g/mol. The number of rotatable bonds is 8. The average Bonchev–Trinajstić information content (AvgIpc) is 3.12. The summed E-state index contributed by atoms with van der Waals surface area (Å²) in [5.74, 6) is -1.63. The number of tetrazole rings is 1. The van der Waals surface area contributed by atoms with E-state index in [0.29, 0.717) is 5.69 Å². The van der Waals surface area contributed by atoms with Crippen molar-refractivity contribution >= 4 is 21.9 Å². The highest BCUT2D eigenvalue weighted by atomic mass is 32.2. The van der Waals surface area contributed by atoms with Crippen LogP contribution in [0.2, 0.25) is 0 Å². The van der Waals surface area contributed by atoms with E-state index in [1.807, 2.05) is 0 Å². The molecule has 0 radical (unpaired) electrons. The van der Waals surface area contributed by atoms with Crippen molar-refractivity contribution in [1.82, 2.24) is 29.8 Å². The highest BCUT2D eigenvalue weighted by molar-refractivity contribution is 7.89. The minimum absolute atomic E-state index is 0.00507. The number of nitrogens with one attached hydrogen (secondary N) is 1. The molecule has 1 heterocycles. The Bertz CT molecular complexity index is 866. The van der Waals surface area contributed by atoms with E-state index in [9.17, 15) is 23.1 Å². The van der Waals surface area contributed by atoms with Gasteiger partial charge in [0.1, 0.15) is 12.4 Å². The standard InChI is InChI=1S/C14H18N6O5S/c1-10(14(22)23)20(8-7-15-11(2)21)26(24,25)13-5-3-12(4-6-13)19-9-16-17-18-19/h3-6,9-10H,7-8H2,1-2H3,(H,15,21)(H,22,23). The summed E-state index contributed by atoms with van der Waals surface area (Å²) in [7, 11) is -4.09. The van der Waals surface area contributed by atoms with Crippen LogP contribution in [-0.2, 0) is 19.6 Å². The minimum atomic E-state index is -4.09. The van der Waals surface area contributed by atoms with Gasteiger partial charge in [-0.1, -0.05) is 0 Å². The molecule has 0 bridgehead atoms. The van der Waals surface area contributed by atoms with Crippen LogP contribution in [0.4, 0.5) is 0 Å². The van der Waals surface area contributed by atoms with Gasteiger partial charge < -0.3 is 10.4 Å². The maximum Gasteiger partial charge on any atom is 0.321 e. The molecule has 12 heteroatoms. The first-order chi connectivity index (χ1) is 12.2. The van der Waals surface area contributed by atoms with E-state index in [1.165, 1.54) is 49.1 Å². The summed E-state index contributed by atoms with van der Waals surface area (Å²) in [6.45, 7) is 2.37. The number of carboxylic acids is 1. The molecule has 11 nitrogen and oxygen atoms in total. The lowest BCUT2D eigenvalue weighted by Gasteiger charge is -2.25. The van der Waals surface area contributed by atoms with Crippen molar-refractivity contribution < 1.29 is 23.1 Å². The fraction of sp³-hybridized carbons (Fsp3) is 0.357. The Morgan fingerprint density at radius 1 is 1.31 bits per heavy atom. The molecule has 2 N–H and O–H groups in total. The number of sulfonamides is 1. The van der Waals surface area contributed by atoms with Crippen molar-refractivity contribution in [1.29, 1.82) is 0 Å². The molecule has 2 rings (SSSR count). The van der Waals surface area contributed by atoms with Crippen molar-refractivity contribution in [3.63, 3.8) is 0 Å². The van der Waals surface area contributed by atoms with Crippen LogP contribution in [0.3, 0.4) is 0 Å². The zero-order valence-electron chi connectivity index (χ0n) is 14.1. The smallest absolute Gasteiger partial charge is 0.321 e. The topological polar surface area (TPSA) is 147 Å². The molecule has 0 saturated carbocycles. The molecule has 2 aromatic rings. The van der Waals surface area contributed by atoms with Gasteiger partial charge in [0.25, 0.3) is 0 Å². The number of aromatic nitrogens is 4. The van der Waals surface area contributed by atoms with Crippen LogP contribution in [0.5, 0.6) is 0 Å². The van der Waals surface area contributed by atoms with Gasteiger partial charge in [-0.2, -0.15) is 4.31 Å². The number of carbonyl (C=O) groups excluding carboxylic acids is 1. The Morgan fingerprint density at radius 2 is 1.96 bits per heavy atom. The molecular weight excluding hydrogens is 364 g/mol. The fourth-order valence-electron chi connectivity index (χ4n) is 2.17. The third kappa shape index (κ3) is 4.40. The van der Waals surface area contributed by atoms with E-state index >= 15 is 0 Å². The summed E-state index contributed by atoms with van der Waals surface area (Å²) in [5, 5.41) is 22.4. The Balaban J connectivity index is 2.29. The predicted octanol–water partition coefficient (Wildman–Crippen LogP) is -0.738. The lowest BCUT2D eigenvalue weighted by atomic mass is 10.3. The monoisotopic (exact) mass is 382 g/mol. The quantitative estimate of drug-likeness (QED) is 0.607. The Labute approximate surface area is 149 Å². The molecule has 26 heavy (non-hydrogen) atoms. The van der Waals surface area contributed by atoms with Crippen LogP contribution < -0.4 is 5.32 Å². The van der Waals surface area contributed by atoms with Gasteiger partial charge in [-0.3, -0.25) is 9.59 Å². The number of carboxylic acid groups (broad SMARTS) is 1. The molecule has 0 aliphatic carbocycles. The summed E-state index contributed by atoms with van der Waals surface area (Å²) in [6.07, 6.45) is 1.36. The van der Waals surface area contributed by atoms with Gasteiger partial charge in [0.15, 0.2) is 0 Å². The van der Waals surface area contributed by atoms with Crippen LogP contribution >= 0.6 is 0 Å². The number of aliphatic carboxylic acids is 1. The summed E-state index contributed by atoms with van der Waals surface area (Å²) in [6, 6.07) is 4.38. The summed E-state index contributed by atoms with van der Waals surface area (Å²) >= 11 is 0. The van der Waals surface area contributed by atoms with E-state index in [1.54, 1.807) is 0 Å². The van der Waals surface area contributed by atoms with E-state index in [0.717, 1.165) is 4.31 Å². The van der Waals surface area contributed by atoms with Crippen LogP contribution in [0.15, 0.2) is 35.5 Å². The first-order valence-corrected chi connectivity index (χ1v) is 9.00. The first-order valence-electron chi connectivity index (χ1n) is 7.56. The van der Waals surface area contributed by atoms with E-state index in [2.05, 4.69) is 20.8 Å².